The molecule has 0 bridgehead atoms. The van der Waals surface area contributed by atoms with Crippen LogP contribution in [0.25, 0.3) is 0 Å². The lowest BCUT2D eigenvalue weighted by Gasteiger charge is -2.15. The molecule has 4 nitrogen and oxygen atoms in total. The van der Waals surface area contributed by atoms with E-state index in [0.29, 0.717) is 12.6 Å². The van der Waals surface area contributed by atoms with Crippen LogP contribution in [0.15, 0.2) is 18.2 Å². The zero-order valence-electron chi connectivity index (χ0n) is 10.5. The highest BCUT2D eigenvalue weighted by atomic mass is 35.5. The van der Waals surface area contributed by atoms with Gasteiger partial charge in [-0.05, 0) is 38.0 Å². The molecule has 1 saturated carbocycles. The quantitative estimate of drug-likeness (QED) is 0.848. The van der Waals surface area contributed by atoms with Gasteiger partial charge in [0.15, 0.2) is 0 Å². The average molecular weight is 307 g/mol. The fourth-order valence-corrected chi connectivity index (χ4v) is 2.70. The van der Waals surface area contributed by atoms with E-state index in [9.17, 15) is 12.8 Å². The zero-order chi connectivity index (χ0) is 14.0. The lowest BCUT2D eigenvalue weighted by molar-refractivity contribution is 0.574. The highest BCUT2D eigenvalue weighted by molar-refractivity contribution is 7.93. The molecule has 0 aromatic heterocycles. The number of benzene rings is 1. The summed E-state index contributed by atoms with van der Waals surface area (Å²) in [5, 5.41) is 2.73. The van der Waals surface area contributed by atoms with Crippen LogP contribution >= 0.6 is 11.6 Å². The third-order valence-corrected chi connectivity index (χ3v) is 4.95. The molecular weight excluding hydrogens is 291 g/mol. The van der Waals surface area contributed by atoms with Gasteiger partial charge in [0, 0.05) is 17.6 Å². The predicted molar refractivity (Wildman–Crippen MR) is 74.4 cm³/mol. The number of rotatable bonds is 6. The summed E-state index contributed by atoms with van der Waals surface area (Å²) in [5.41, 5.74) is -0.0809. The first-order valence-electron chi connectivity index (χ1n) is 6.08. The molecule has 1 unspecified atom stereocenters. The van der Waals surface area contributed by atoms with Gasteiger partial charge in [-0.1, -0.05) is 11.6 Å². The van der Waals surface area contributed by atoms with Crippen molar-refractivity contribution in [3.8, 4) is 0 Å². The Morgan fingerprint density at radius 2 is 2.16 bits per heavy atom. The van der Waals surface area contributed by atoms with E-state index < -0.39 is 21.1 Å². The van der Waals surface area contributed by atoms with Gasteiger partial charge in [-0.3, -0.25) is 4.72 Å². The Morgan fingerprint density at radius 1 is 1.47 bits per heavy atom. The Kier molecular flexibility index (Phi) is 4.32. The number of hydrogen-bond acceptors (Lipinski definition) is 3. The Hall–Kier alpha value is -0.850. The first kappa shape index (κ1) is 14.6. The lowest BCUT2D eigenvalue weighted by atomic mass is 10.3. The molecule has 2 N–H and O–H groups in total. The summed E-state index contributed by atoms with van der Waals surface area (Å²) >= 11 is 5.62. The number of anilines is 1. The maximum Gasteiger partial charge on any atom is 0.236 e. The van der Waals surface area contributed by atoms with Crippen LogP contribution < -0.4 is 10.0 Å². The molecule has 1 aromatic rings. The van der Waals surface area contributed by atoms with Crippen molar-refractivity contribution in [2.24, 2.45) is 0 Å². The molecule has 0 heterocycles. The molecule has 0 saturated heterocycles. The van der Waals surface area contributed by atoms with Gasteiger partial charge in [0.2, 0.25) is 10.0 Å². The van der Waals surface area contributed by atoms with Gasteiger partial charge in [0.05, 0.1) is 10.9 Å². The fourth-order valence-electron chi connectivity index (χ4n) is 1.56. The lowest BCUT2D eigenvalue weighted by Crippen LogP contribution is -2.35. The molecule has 1 aromatic carbocycles. The number of hydrogen-bond donors (Lipinski definition) is 2. The minimum atomic E-state index is -3.61. The van der Waals surface area contributed by atoms with Gasteiger partial charge in [-0.2, -0.15) is 0 Å². The van der Waals surface area contributed by atoms with E-state index in [1.807, 2.05) is 0 Å². The van der Waals surface area contributed by atoms with Crippen LogP contribution in [0.2, 0.25) is 5.02 Å². The van der Waals surface area contributed by atoms with Gasteiger partial charge in [-0.25, -0.2) is 12.8 Å². The molecule has 1 atom stereocenters. The number of halogens is 2. The van der Waals surface area contributed by atoms with E-state index in [2.05, 4.69) is 10.0 Å². The smallest absolute Gasteiger partial charge is 0.236 e. The largest absolute Gasteiger partial charge is 0.313 e. The van der Waals surface area contributed by atoms with E-state index in [1.165, 1.54) is 12.1 Å². The normalized spacial score (nSPS) is 17.2. The molecule has 106 valence electrons. The maximum atomic E-state index is 13.5. The Bertz CT molecular complexity index is 561. The fraction of sp³-hybridized carbons (Fsp3) is 0.500. The first-order chi connectivity index (χ1) is 8.88. The van der Waals surface area contributed by atoms with E-state index in [0.717, 1.165) is 18.9 Å². The van der Waals surface area contributed by atoms with Crippen LogP contribution in [-0.2, 0) is 10.0 Å². The highest BCUT2D eigenvalue weighted by Gasteiger charge is 2.26. The SMILES string of the molecule is CC(CNC1CC1)S(=O)(=O)Nc1ccc(Cl)cc1F. The molecule has 0 amide bonds. The maximum absolute atomic E-state index is 13.5. The molecule has 0 aliphatic heterocycles. The van der Waals surface area contributed by atoms with Gasteiger partial charge >= 0.3 is 0 Å². The molecule has 1 aliphatic rings. The second-order valence-electron chi connectivity index (χ2n) is 4.76. The summed E-state index contributed by atoms with van der Waals surface area (Å²) in [6.07, 6.45) is 2.18. The van der Waals surface area contributed by atoms with E-state index in [1.54, 1.807) is 6.92 Å². The summed E-state index contributed by atoms with van der Waals surface area (Å²) in [6.45, 7) is 1.95. The van der Waals surface area contributed by atoms with Crippen molar-refractivity contribution in [3.05, 3.63) is 29.0 Å². The molecule has 2 rings (SSSR count). The van der Waals surface area contributed by atoms with Crippen LogP contribution in [0.3, 0.4) is 0 Å². The summed E-state index contributed by atoms with van der Waals surface area (Å²) in [6, 6.07) is 4.27. The summed E-state index contributed by atoms with van der Waals surface area (Å²) in [4.78, 5) is 0. The predicted octanol–water partition coefficient (Wildman–Crippen LogP) is 2.36. The molecule has 0 spiro atoms. The number of sulfonamides is 1. The molecule has 1 aliphatic carbocycles. The summed E-state index contributed by atoms with van der Waals surface area (Å²) in [7, 11) is -3.61. The molecule has 1 fully saturated rings. The zero-order valence-corrected chi connectivity index (χ0v) is 12.1. The average Bonchev–Trinajstić information content (AvgIpc) is 3.13. The van der Waals surface area contributed by atoms with Gasteiger partial charge in [0.1, 0.15) is 5.82 Å². The van der Waals surface area contributed by atoms with Crippen LogP contribution in [0.1, 0.15) is 19.8 Å². The van der Waals surface area contributed by atoms with Crippen molar-refractivity contribution >= 4 is 27.3 Å². The van der Waals surface area contributed by atoms with Crippen molar-refractivity contribution in [1.82, 2.24) is 5.32 Å². The van der Waals surface area contributed by atoms with E-state index in [4.69, 9.17) is 11.6 Å². The Morgan fingerprint density at radius 3 is 2.74 bits per heavy atom. The Labute approximate surface area is 117 Å². The van der Waals surface area contributed by atoms with Gasteiger partial charge < -0.3 is 5.32 Å². The minimum Gasteiger partial charge on any atom is -0.313 e. The van der Waals surface area contributed by atoms with Crippen molar-refractivity contribution in [2.45, 2.75) is 31.1 Å². The van der Waals surface area contributed by atoms with Crippen LogP contribution in [0.4, 0.5) is 10.1 Å². The molecule has 19 heavy (non-hydrogen) atoms. The highest BCUT2D eigenvalue weighted by Crippen LogP contribution is 2.22. The minimum absolute atomic E-state index is 0.0809. The van der Waals surface area contributed by atoms with Crippen LogP contribution in [0.5, 0.6) is 0 Å². The van der Waals surface area contributed by atoms with Crippen LogP contribution in [-0.4, -0.2) is 26.3 Å². The van der Waals surface area contributed by atoms with E-state index in [-0.39, 0.29) is 10.7 Å². The van der Waals surface area contributed by atoms with Crippen LogP contribution in [0, 0.1) is 5.82 Å². The third-order valence-electron chi connectivity index (χ3n) is 2.98. The Balaban J connectivity index is 2.02. The van der Waals surface area contributed by atoms with Crippen molar-refractivity contribution in [3.63, 3.8) is 0 Å². The van der Waals surface area contributed by atoms with E-state index >= 15 is 0 Å². The standard InChI is InChI=1S/C12H16ClFN2O2S/c1-8(7-15-10-3-4-10)19(17,18)16-12-5-2-9(13)6-11(12)14/h2,5-6,8,10,15-16H,3-4,7H2,1H3. The molecular formula is C12H16ClFN2O2S. The summed E-state index contributed by atoms with van der Waals surface area (Å²) in [5.74, 6) is -0.682. The first-order valence-corrected chi connectivity index (χ1v) is 8.01. The molecule has 7 heteroatoms. The van der Waals surface area contributed by atoms with Gasteiger partial charge in [-0.15, -0.1) is 0 Å². The monoisotopic (exact) mass is 306 g/mol. The second kappa shape index (κ2) is 5.64. The van der Waals surface area contributed by atoms with Crippen molar-refractivity contribution in [2.75, 3.05) is 11.3 Å². The van der Waals surface area contributed by atoms with Crippen molar-refractivity contribution < 1.29 is 12.8 Å². The third kappa shape index (κ3) is 4.06. The number of nitrogens with one attached hydrogen (secondary N) is 2. The topological polar surface area (TPSA) is 58.2 Å². The second-order valence-corrected chi connectivity index (χ2v) is 7.30. The summed E-state index contributed by atoms with van der Waals surface area (Å²) < 4.78 is 39.8. The molecule has 0 radical (unpaired) electrons. The van der Waals surface area contributed by atoms with Crippen molar-refractivity contribution in [1.29, 1.82) is 0 Å². The van der Waals surface area contributed by atoms with Gasteiger partial charge in [0.25, 0.3) is 0 Å².